The Hall–Kier alpha value is -2.61. The van der Waals surface area contributed by atoms with Crippen LogP contribution in [0.4, 0.5) is 13.2 Å². The Kier molecular flexibility index (Phi) is 5.58. The molecule has 8 heteroatoms. The van der Waals surface area contributed by atoms with Gasteiger partial charge in [0.2, 0.25) is 0 Å². The van der Waals surface area contributed by atoms with Gasteiger partial charge in [0.05, 0.1) is 16.2 Å². The van der Waals surface area contributed by atoms with Crippen molar-refractivity contribution in [1.82, 2.24) is 5.16 Å². The van der Waals surface area contributed by atoms with Gasteiger partial charge in [-0.2, -0.15) is 13.2 Å². The molecule has 3 aromatic rings. The van der Waals surface area contributed by atoms with E-state index >= 15 is 0 Å². The molecule has 0 amide bonds. The highest BCUT2D eigenvalue weighted by Crippen LogP contribution is 2.40. The van der Waals surface area contributed by atoms with Gasteiger partial charge in [-0.3, -0.25) is 0 Å². The lowest BCUT2D eigenvalue weighted by atomic mass is 9.96. The van der Waals surface area contributed by atoms with Crippen LogP contribution in [0.2, 0.25) is 0 Å². The highest BCUT2D eigenvalue weighted by molar-refractivity contribution is 7.90. The number of sulfone groups is 1. The SMILES string of the molecule is CCc1ccc(-c2ccccc2S(=O)(=O)Cc2onc(C)c2C)c(C(F)(F)F)c1. The van der Waals surface area contributed by atoms with E-state index in [9.17, 15) is 21.6 Å². The first kappa shape index (κ1) is 21.1. The summed E-state index contributed by atoms with van der Waals surface area (Å²) in [6.45, 7) is 5.14. The number of hydrogen-bond acceptors (Lipinski definition) is 4. The average Bonchev–Trinajstić information content (AvgIpc) is 2.98. The maximum absolute atomic E-state index is 13.7. The number of aromatic nitrogens is 1. The Balaban J connectivity index is 2.17. The molecule has 2 aromatic carbocycles. The molecule has 1 heterocycles. The van der Waals surface area contributed by atoms with E-state index in [0.29, 0.717) is 23.2 Å². The summed E-state index contributed by atoms with van der Waals surface area (Å²) in [5, 5.41) is 3.75. The molecule has 0 unspecified atom stereocenters. The fourth-order valence-corrected chi connectivity index (χ4v) is 4.66. The van der Waals surface area contributed by atoms with Crippen molar-refractivity contribution in [2.45, 2.75) is 44.0 Å². The van der Waals surface area contributed by atoms with E-state index in [1.165, 1.54) is 30.3 Å². The Morgan fingerprint density at radius 2 is 1.72 bits per heavy atom. The van der Waals surface area contributed by atoms with Crippen molar-refractivity contribution in [3.05, 3.63) is 70.6 Å². The predicted octanol–water partition coefficient (Wildman–Crippen LogP) is 5.51. The van der Waals surface area contributed by atoms with Crippen molar-refractivity contribution < 1.29 is 26.1 Å². The second-order valence-corrected chi connectivity index (χ2v) is 8.76. The second-order valence-electron chi connectivity index (χ2n) is 6.80. The number of alkyl halides is 3. The number of benzene rings is 2. The maximum Gasteiger partial charge on any atom is 0.417 e. The molecule has 1 aromatic heterocycles. The van der Waals surface area contributed by atoms with E-state index in [1.807, 2.05) is 0 Å². The first-order chi connectivity index (χ1) is 13.5. The number of halogens is 3. The van der Waals surface area contributed by atoms with E-state index in [0.717, 1.165) is 6.07 Å². The minimum Gasteiger partial charge on any atom is -0.360 e. The van der Waals surface area contributed by atoms with E-state index < -0.39 is 27.3 Å². The fraction of sp³-hybridized carbons (Fsp3) is 0.286. The van der Waals surface area contributed by atoms with Crippen LogP contribution in [-0.2, 0) is 28.2 Å². The Bertz CT molecular complexity index is 1150. The summed E-state index contributed by atoms with van der Waals surface area (Å²) in [7, 11) is -3.98. The zero-order valence-corrected chi connectivity index (χ0v) is 17.0. The van der Waals surface area contributed by atoms with Crippen molar-refractivity contribution in [2.75, 3.05) is 0 Å². The van der Waals surface area contributed by atoms with Crippen LogP contribution in [0, 0.1) is 13.8 Å². The molecule has 0 atom stereocenters. The van der Waals surface area contributed by atoms with Crippen LogP contribution < -0.4 is 0 Å². The molecule has 0 spiro atoms. The fourth-order valence-electron chi connectivity index (χ4n) is 3.09. The van der Waals surface area contributed by atoms with Crippen LogP contribution >= 0.6 is 0 Å². The van der Waals surface area contributed by atoms with Gasteiger partial charge in [0, 0.05) is 11.1 Å². The van der Waals surface area contributed by atoms with E-state index in [1.54, 1.807) is 26.8 Å². The van der Waals surface area contributed by atoms with Gasteiger partial charge in [-0.25, -0.2) is 8.42 Å². The van der Waals surface area contributed by atoms with Gasteiger partial charge >= 0.3 is 6.18 Å². The van der Waals surface area contributed by atoms with Crippen LogP contribution in [0.15, 0.2) is 51.9 Å². The summed E-state index contributed by atoms with van der Waals surface area (Å²) < 4.78 is 72.4. The molecule has 0 bridgehead atoms. The third kappa shape index (κ3) is 4.22. The topological polar surface area (TPSA) is 60.2 Å². The van der Waals surface area contributed by atoms with Crippen LogP contribution in [-0.4, -0.2) is 13.6 Å². The minimum absolute atomic E-state index is 0.0105. The summed E-state index contributed by atoms with van der Waals surface area (Å²) in [4.78, 5) is -0.178. The molecule has 4 nitrogen and oxygen atoms in total. The number of hydrogen-bond donors (Lipinski definition) is 0. The molecule has 0 radical (unpaired) electrons. The smallest absolute Gasteiger partial charge is 0.360 e. The molecule has 3 rings (SSSR count). The molecule has 0 saturated heterocycles. The van der Waals surface area contributed by atoms with Gasteiger partial charge in [0.15, 0.2) is 15.6 Å². The van der Waals surface area contributed by atoms with Crippen LogP contribution in [0.5, 0.6) is 0 Å². The first-order valence-corrected chi connectivity index (χ1v) is 10.6. The zero-order chi connectivity index (χ0) is 21.4. The standard InChI is InChI=1S/C21H20F3NO3S/c1-4-15-9-10-16(18(11-15)21(22,23)24)17-7-5-6-8-20(17)29(26,27)12-19-13(2)14(3)25-28-19/h5-11H,4,12H2,1-3H3. The normalized spacial score (nSPS) is 12.3. The molecule has 0 aliphatic carbocycles. The highest BCUT2D eigenvalue weighted by atomic mass is 32.2. The third-order valence-corrected chi connectivity index (χ3v) is 6.55. The summed E-state index contributed by atoms with van der Waals surface area (Å²) >= 11 is 0. The minimum atomic E-state index is -4.62. The summed E-state index contributed by atoms with van der Waals surface area (Å²) in [5.74, 6) is -0.305. The molecule has 0 fully saturated rings. The molecule has 0 N–H and O–H groups in total. The van der Waals surface area contributed by atoms with Crippen LogP contribution in [0.1, 0.15) is 35.1 Å². The average molecular weight is 423 g/mol. The van der Waals surface area contributed by atoms with Crippen molar-refractivity contribution in [3.63, 3.8) is 0 Å². The van der Waals surface area contributed by atoms with Gasteiger partial charge in [-0.15, -0.1) is 0 Å². The predicted molar refractivity (Wildman–Crippen MR) is 103 cm³/mol. The third-order valence-electron chi connectivity index (χ3n) is 4.88. The Morgan fingerprint density at radius 3 is 2.31 bits per heavy atom. The maximum atomic E-state index is 13.7. The lowest BCUT2D eigenvalue weighted by Crippen LogP contribution is -2.11. The zero-order valence-electron chi connectivity index (χ0n) is 16.2. The van der Waals surface area contributed by atoms with E-state index in [-0.39, 0.29) is 21.8 Å². The van der Waals surface area contributed by atoms with Gasteiger partial charge < -0.3 is 4.52 Å². The highest BCUT2D eigenvalue weighted by Gasteiger charge is 2.35. The molecule has 154 valence electrons. The Morgan fingerprint density at radius 1 is 1.03 bits per heavy atom. The summed E-state index contributed by atoms with van der Waals surface area (Å²) in [5.41, 5.74) is 0.684. The summed E-state index contributed by atoms with van der Waals surface area (Å²) in [6.07, 6.45) is -4.18. The Labute approximate surface area is 167 Å². The van der Waals surface area contributed by atoms with Crippen molar-refractivity contribution in [3.8, 4) is 11.1 Å². The quantitative estimate of drug-likeness (QED) is 0.543. The molecular weight excluding hydrogens is 403 g/mol. The number of rotatable bonds is 5. The lowest BCUT2D eigenvalue weighted by molar-refractivity contribution is -0.137. The first-order valence-electron chi connectivity index (χ1n) is 8.98. The van der Waals surface area contributed by atoms with Crippen molar-refractivity contribution in [1.29, 1.82) is 0 Å². The van der Waals surface area contributed by atoms with Gasteiger partial charge in [-0.1, -0.05) is 42.4 Å². The monoisotopic (exact) mass is 423 g/mol. The number of nitrogens with zero attached hydrogens (tertiary/aromatic N) is 1. The van der Waals surface area contributed by atoms with Gasteiger partial charge in [0.25, 0.3) is 0 Å². The van der Waals surface area contributed by atoms with E-state index in [4.69, 9.17) is 4.52 Å². The molecule has 29 heavy (non-hydrogen) atoms. The lowest BCUT2D eigenvalue weighted by Gasteiger charge is -2.17. The molecule has 0 aliphatic rings. The van der Waals surface area contributed by atoms with Crippen LogP contribution in [0.3, 0.4) is 0 Å². The number of aryl methyl sites for hydroxylation is 2. The van der Waals surface area contributed by atoms with Crippen molar-refractivity contribution in [2.24, 2.45) is 0 Å². The molecular formula is C21H20F3NO3S. The van der Waals surface area contributed by atoms with Gasteiger partial charge in [-0.05, 0) is 43.5 Å². The van der Waals surface area contributed by atoms with E-state index in [2.05, 4.69) is 5.16 Å². The van der Waals surface area contributed by atoms with Crippen molar-refractivity contribution >= 4 is 9.84 Å². The largest absolute Gasteiger partial charge is 0.417 e. The second kappa shape index (κ2) is 7.67. The molecule has 0 aliphatic heterocycles. The van der Waals surface area contributed by atoms with Crippen LogP contribution in [0.25, 0.3) is 11.1 Å². The molecule has 0 saturated carbocycles. The summed E-state index contributed by atoms with van der Waals surface area (Å²) in [6, 6.07) is 9.70. The van der Waals surface area contributed by atoms with Gasteiger partial charge in [0.1, 0.15) is 5.75 Å².